The van der Waals surface area contributed by atoms with Crippen LogP contribution < -0.4 is 15.8 Å². The predicted molar refractivity (Wildman–Crippen MR) is 144 cm³/mol. The first kappa shape index (κ1) is 26.2. The predicted octanol–water partition coefficient (Wildman–Crippen LogP) is 2.44. The lowest BCUT2D eigenvalue weighted by Crippen LogP contribution is -2.48. The summed E-state index contributed by atoms with van der Waals surface area (Å²) >= 11 is 0. The molecule has 202 valence electrons. The van der Waals surface area contributed by atoms with E-state index in [1.54, 1.807) is 29.3 Å². The van der Waals surface area contributed by atoms with E-state index < -0.39 is 6.09 Å². The van der Waals surface area contributed by atoms with E-state index in [2.05, 4.69) is 10.3 Å². The molecule has 39 heavy (non-hydrogen) atoms. The molecule has 3 N–H and O–H groups in total. The number of carbonyl (C=O) groups excluding carboxylic acids is 3. The number of aromatic nitrogens is 1. The second-order valence-corrected chi connectivity index (χ2v) is 9.65. The zero-order valence-electron chi connectivity index (χ0n) is 21.5. The van der Waals surface area contributed by atoms with Crippen LogP contribution in [-0.4, -0.2) is 77.6 Å². The molecule has 0 aliphatic carbocycles. The summed E-state index contributed by atoms with van der Waals surface area (Å²) in [5.74, 6) is 0.0123. The van der Waals surface area contributed by atoms with Gasteiger partial charge in [0.15, 0.2) is 0 Å². The van der Waals surface area contributed by atoms with E-state index >= 15 is 0 Å². The van der Waals surface area contributed by atoms with Gasteiger partial charge in [-0.1, -0.05) is 42.5 Å². The Hall–Kier alpha value is -4.44. The first-order chi connectivity index (χ1) is 19.0. The van der Waals surface area contributed by atoms with Crippen LogP contribution in [0.3, 0.4) is 0 Å². The number of ether oxygens (including phenoxy) is 2. The Kier molecular flexibility index (Phi) is 8.02. The number of benzene rings is 2. The summed E-state index contributed by atoms with van der Waals surface area (Å²) in [5, 5.41) is 2.83. The largest absolute Gasteiger partial charge is 0.489 e. The average molecular weight is 530 g/mol. The van der Waals surface area contributed by atoms with Crippen LogP contribution in [0.5, 0.6) is 5.75 Å². The van der Waals surface area contributed by atoms with E-state index in [1.165, 1.54) is 4.90 Å². The van der Waals surface area contributed by atoms with E-state index in [-0.39, 0.29) is 56.7 Å². The van der Waals surface area contributed by atoms with Gasteiger partial charge in [0, 0.05) is 43.0 Å². The van der Waals surface area contributed by atoms with Crippen molar-refractivity contribution in [1.82, 2.24) is 20.1 Å². The van der Waals surface area contributed by atoms with Crippen LogP contribution in [0.4, 0.5) is 4.79 Å². The minimum atomic E-state index is -0.639. The van der Waals surface area contributed by atoms with E-state index in [9.17, 15) is 14.4 Å². The van der Waals surface area contributed by atoms with Crippen LogP contribution in [0.1, 0.15) is 22.3 Å². The third kappa shape index (κ3) is 6.35. The van der Waals surface area contributed by atoms with Gasteiger partial charge in [0.05, 0.1) is 6.04 Å². The number of hydrogen-bond acceptors (Lipinski definition) is 7. The molecule has 2 atom stereocenters. The molecule has 0 radical (unpaired) electrons. The molecule has 4 heterocycles. The fourth-order valence-electron chi connectivity index (χ4n) is 4.81. The molecular formula is C29H31N5O5. The minimum Gasteiger partial charge on any atom is -0.489 e. The van der Waals surface area contributed by atoms with Gasteiger partial charge in [0.25, 0.3) is 5.91 Å². The summed E-state index contributed by atoms with van der Waals surface area (Å²) in [6.45, 7) is 0.692. The lowest BCUT2D eigenvalue weighted by Gasteiger charge is -2.28. The van der Waals surface area contributed by atoms with Crippen LogP contribution in [0, 0.1) is 0 Å². The molecule has 3 aliphatic rings. The summed E-state index contributed by atoms with van der Waals surface area (Å²) in [4.78, 5) is 46.7. The number of fused-ring (bicyclic) bond motifs is 9. The lowest BCUT2D eigenvalue weighted by atomic mass is 10.1. The molecule has 1 saturated heterocycles. The monoisotopic (exact) mass is 529 g/mol. The van der Waals surface area contributed by atoms with E-state index in [1.807, 2.05) is 48.5 Å². The summed E-state index contributed by atoms with van der Waals surface area (Å²) in [7, 11) is 0. The number of nitrogens with one attached hydrogen (secondary N) is 1. The molecule has 3 aliphatic heterocycles. The summed E-state index contributed by atoms with van der Waals surface area (Å²) in [6.07, 6.45) is 1.61. The van der Waals surface area contributed by atoms with Crippen molar-refractivity contribution in [3.05, 3.63) is 84.1 Å². The third-order valence-corrected chi connectivity index (χ3v) is 6.85. The van der Waals surface area contributed by atoms with Gasteiger partial charge >= 0.3 is 6.09 Å². The highest BCUT2D eigenvalue weighted by Gasteiger charge is 2.35. The van der Waals surface area contributed by atoms with Gasteiger partial charge in [0.1, 0.15) is 31.2 Å². The van der Waals surface area contributed by atoms with E-state index in [4.69, 9.17) is 15.2 Å². The Morgan fingerprint density at radius 2 is 1.82 bits per heavy atom. The molecule has 1 aromatic heterocycles. The molecule has 2 bridgehead atoms. The van der Waals surface area contributed by atoms with E-state index in [0.29, 0.717) is 30.0 Å². The first-order valence-electron chi connectivity index (χ1n) is 12.9. The number of rotatable bonds is 2. The van der Waals surface area contributed by atoms with Crippen LogP contribution in [-0.2, 0) is 16.1 Å². The van der Waals surface area contributed by atoms with Gasteiger partial charge in [-0.15, -0.1) is 0 Å². The molecule has 6 rings (SSSR count). The van der Waals surface area contributed by atoms with Crippen molar-refractivity contribution < 1.29 is 23.9 Å². The highest BCUT2D eigenvalue weighted by Crippen LogP contribution is 2.29. The summed E-state index contributed by atoms with van der Waals surface area (Å²) < 4.78 is 11.7. The average Bonchev–Trinajstić information content (AvgIpc) is 3.35. The molecule has 10 nitrogen and oxygen atoms in total. The highest BCUT2D eigenvalue weighted by molar-refractivity contribution is 5.94. The zero-order chi connectivity index (χ0) is 27.2. The SMILES string of the molecule is N[C@H]1C[C@H]2COc3cccnc3-c3ccc(cc3)C(=O)NCCN(C(=O)OCc3ccccc3)CC(=O)N2C1. The number of nitrogens with zero attached hydrogens (tertiary/aromatic N) is 3. The van der Waals surface area contributed by atoms with Gasteiger partial charge in [-0.25, -0.2) is 4.79 Å². The molecule has 10 heteroatoms. The lowest BCUT2D eigenvalue weighted by molar-refractivity contribution is -0.133. The number of carbonyl (C=O) groups is 3. The molecule has 0 unspecified atom stereocenters. The van der Waals surface area contributed by atoms with Crippen molar-refractivity contribution in [1.29, 1.82) is 0 Å². The Bertz CT molecular complexity index is 1320. The second-order valence-electron chi connectivity index (χ2n) is 9.65. The number of nitrogens with two attached hydrogens (primary N) is 1. The molecule has 0 spiro atoms. The number of pyridine rings is 1. The van der Waals surface area contributed by atoms with Crippen LogP contribution in [0.15, 0.2) is 72.9 Å². The maximum absolute atomic E-state index is 13.4. The van der Waals surface area contributed by atoms with Crippen molar-refractivity contribution >= 4 is 17.9 Å². The van der Waals surface area contributed by atoms with E-state index in [0.717, 1.165) is 11.1 Å². The second kappa shape index (κ2) is 12.0. The topological polar surface area (TPSA) is 127 Å². The Morgan fingerprint density at radius 1 is 1.05 bits per heavy atom. The quantitative estimate of drug-likeness (QED) is 0.522. The molecule has 2 aromatic carbocycles. The van der Waals surface area contributed by atoms with Crippen molar-refractivity contribution in [2.75, 3.05) is 32.8 Å². The Morgan fingerprint density at radius 3 is 2.62 bits per heavy atom. The van der Waals surface area contributed by atoms with Crippen molar-refractivity contribution in [2.45, 2.75) is 25.1 Å². The minimum absolute atomic E-state index is 0.0710. The highest BCUT2D eigenvalue weighted by atomic mass is 16.6. The van der Waals surface area contributed by atoms with Gasteiger partial charge in [-0.05, 0) is 36.2 Å². The Labute approximate surface area is 226 Å². The molecule has 3 aromatic rings. The maximum atomic E-state index is 13.4. The maximum Gasteiger partial charge on any atom is 0.410 e. The fourth-order valence-corrected chi connectivity index (χ4v) is 4.81. The smallest absolute Gasteiger partial charge is 0.410 e. The van der Waals surface area contributed by atoms with Crippen LogP contribution in [0.2, 0.25) is 0 Å². The summed E-state index contributed by atoms with van der Waals surface area (Å²) in [6, 6.07) is 19.5. The standard InChI is InChI=1S/C29H31N5O5/c30-23-15-24-19-38-25-7-4-12-31-27(25)21-8-10-22(11-9-21)28(36)32-13-14-33(17-26(35)34(24)16-23)29(37)39-18-20-5-2-1-3-6-20/h1-12,23-24H,13-19,30H2,(H,32,36)/t23-,24-/m0/s1. The van der Waals surface area contributed by atoms with Gasteiger partial charge in [-0.3, -0.25) is 19.5 Å². The van der Waals surface area contributed by atoms with Gasteiger partial charge in [-0.2, -0.15) is 0 Å². The molecule has 0 saturated carbocycles. The van der Waals surface area contributed by atoms with Crippen molar-refractivity contribution in [2.24, 2.45) is 5.73 Å². The van der Waals surface area contributed by atoms with Gasteiger partial charge < -0.3 is 25.4 Å². The number of amides is 3. The van der Waals surface area contributed by atoms with Crippen molar-refractivity contribution in [3.63, 3.8) is 0 Å². The molecule has 3 amide bonds. The molecule has 1 fully saturated rings. The zero-order valence-corrected chi connectivity index (χ0v) is 21.5. The summed E-state index contributed by atoms with van der Waals surface area (Å²) in [5.41, 5.74) is 8.97. The third-order valence-electron chi connectivity index (χ3n) is 6.85. The van der Waals surface area contributed by atoms with Crippen LogP contribution >= 0.6 is 0 Å². The normalized spacial score (nSPS) is 19.9. The molecular weight excluding hydrogens is 498 g/mol. The van der Waals surface area contributed by atoms with Gasteiger partial charge in [0.2, 0.25) is 5.91 Å². The first-order valence-corrected chi connectivity index (χ1v) is 12.9. The van der Waals surface area contributed by atoms with Crippen molar-refractivity contribution in [3.8, 4) is 17.0 Å². The number of hydrogen-bond donors (Lipinski definition) is 2. The fraction of sp³-hybridized carbons (Fsp3) is 0.310. The Balaban J connectivity index is 1.39. The van der Waals surface area contributed by atoms with Crippen LogP contribution in [0.25, 0.3) is 11.3 Å².